The van der Waals surface area contributed by atoms with E-state index in [0.717, 1.165) is 11.1 Å². The van der Waals surface area contributed by atoms with Crippen molar-refractivity contribution in [2.75, 3.05) is 0 Å². The molecule has 3 heteroatoms. The molecule has 0 spiro atoms. The maximum absolute atomic E-state index is 11.1. The van der Waals surface area contributed by atoms with Crippen LogP contribution in [0.15, 0.2) is 18.2 Å². The summed E-state index contributed by atoms with van der Waals surface area (Å²) in [7, 11) is 0. The highest BCUT2D eigenvalue weighted by Gasteiger charge is 2.24. The number of aryl methyl sites for hydroxylation is 1. The Hall–Kier alpha value is -1.35. The van der Waals surface area contributed by atoms with Gasteiger partial charge in [-0.1, -0.05) is 17.7 Å². The summed E-state index contributed by atoms with van der Waals surface area (Å²) in [5, 5.41) is 0. The van der Waals surface area contributed by atoms with Crippen molar-refractivity contribution in [1.82, 2.24) is 0 Å². The molecule has 1 aromatic rings. The van der Waals surface area contributed by atoms with Gasteiger partial charge in [0.15, 0.2) is 0 Å². The minimum absolute atomic E-state index is 0.337. The van der Waals surface area contributed by atoms with E-state index in [4.69, 9.17) is 10.5 Å². The molecule has 1 aromatic carbocycles. The number of nitrogens with two attached hydrogens (primary N) is 1. The van der Waals surface area contributed by atoms with Gasteiger partial charge in [0.1, 0.15) is 11.8 Å². The number of rotatable bonds is 0. The summed E-state index contributed by atoms with van der Waals surface area (Å²) in [6, 6.07) is 5.23. The lowest BCUT2D eigenvalue weighted by molar-refractivity contribution is -0.136. The second-order valence-corrected chi connectivity index (χ2v) is 3.34. The normalized spacial score (nSPS) is 20.8. The first-order valence-electron chi connectivity index (χ1n) is 4.23. The van der Waals surface area contributed by atoms with Crippen LogP contribution < -0.4 is 10.5 Å². The van der Waals surface area contributed by atoms with Crippen molar-refractivity contribution in [3.8, 4) is 5.75 Å². The fourth-order valence-corrected chi connectivity index (χ4v) is 1.47. The average molecular weight is 177 g/mol. The predicted octanol–water partition coefficient (Wildman–Crippen LogP) is 0.784. The highest BCUT2D eigenvalue weighted by molar-refractivity contribution is 5.80. The Morgan fingerprint density at radius 2 is 2.31 bits per heavy atom. The molecule has 13 heavy (non-hydrogen) atoms. The van der Waals surface area contributed by atoms with Crippen LogP contribution in [0.1, 0.15) is 11.1 Å². The summed E-state index contributed by atoms with van der Waals surface area (Å²) in [5.74, 6) is 0.314. The lowest BCUT2D eigenvalue weighted by Crippen LogP contribution is -2.39. The van der Waals surface area contributed by atoms with E-state index in [2.05, 4.69) is 0 Å². The minimum Gasteiger partial charge on any atom is -0.425 e. The number of benzene rings is 1. The quantitative estimate of drug-likeness (QED) is 0.470. The highest BCUT2D eigenvalue weighted by atomic mass is 16.5. The van der Waals surface area contributed by atoms with Gasteiger partial charge in [0, 0.05) is 6.42 Å². The fraction of sp³-hybridized carbons (Fsp3) is 0.300. The number of ether oxygens (including phenoxy) is 1. The van der Waals surface area contributed by atoms with E-state index in [-0.39, 0.29) is 5.97 Å². The molecule has 0 saturated heterocycles. The van der Waals surface area contributed by atoms with Gasteiger partial charge >= 0.3 is 5.97 Å². The fourth-order valence-electron chi connectivity index (χ4n) is 1.47. The first kappa shape index (κ1) is 8.26. The zero-order chi connectivity index (χ0) is 9.42. The summed E-state index contributed by atoms with van der Waals surface area (Å²) < 4.78 is 5.04. The molecule has 1 atom stereocenters. The van der Waals surface area contributed by atoms with Crippen LogP contribution in [-0.4, -0.2) is 12.0 Å². The van der Waals surface area contributed by atoms with Gasteiger partial charge in [-0.05, 0) is 18.6 Å². The Morgan fingerprint density at radius 3 is 3.08 bits per heavy atom. The van der Waals surface area contributed by atoms with Gasteiger partial charge < -0.3 is 10.5 Å². The Labute approximate surface area is 76.5 Å². The molecule has 1 aliphatic heterocycles. The van der Waals surface area contributed by atoms with Crippen LogP contribution in [0.4, 0.5) is 0 Å². The van der Waals surface area contributed by atoms with Crippen LogP contribution in [-0.2, 0) is 11.2 Å². The van der Waals surface area contributed by atoms with Gasteiger partial charge in [-0.25, -0.2) is 4.79 Å². The largest absolute Gasteiger partial charge is 0.425 e. The maximum atomic E-state index is 11.1. The summed E-state index contributed by atoms with van der Waals surface area (Å²) in [6.07, 6.45) is 0.579. The van der Waals surface area contributed by atoms with Gasteiger partial charge in [0.25, 0.3) is 0 Å². The molecule has 0 aliphatic carbocycles. The van der Waals surface area contributed by atoms with Gasteiger partial charge in [0.2, 0.25) is 0 Å². The van der Waals surface area contributed by atoms with E-state index in [1.165, 1.54) is 0 Å². The second-order valence-electron chi connectivity index (χ2n) is 3.34. The number of fused-ring (bicyclic) bond motifs is 1. The Balaban J connectivity index is 2.42. The molecule has 3 nitrogen and oxygen atoms in total. The van der Waals surface area contributed by atoms with Crippen LogP contribution in [0.3, 0.4) is 0 Å². The van der Waals surface area contributed by atoms with E-state index >= 15 is 0 Å². The average Bonchev–Trinajstić information content (AvgIpc) is 2.08. The lowest BCUT2D eigenvalue weighted by atomic mass is 10.0. The Bertz CT molecular complexity index is 360. The number of hydrogen-bond donors (Lipinski definition) is 1. The van der Waals surface area contributed by atoms with E-state index in [1.54, 1.807) is 0 Å². The first-order valence-corrected chi connectivity index (χ1v) is 4.23. The predicted molar refractivity (Wildman–Crippen MR) is 48.5 cm³/mol. The third-order valence-electron chi connectivity index (χ3n) is 2.17. The van der Waals surface area contributed by atoms with Crippen molar-refractivity contribution in [2.45, 2.75) is 19.4 Å². The maximum Gasteiger partial charge on any atom is 0.328 e. The summed E-state index contributed by atoms with van der Waals surface area (Å²) in [5.41, 5.74) is 7.75. The van der Waals surface area contributed by atoms with E-state index in [1.807, 2.05) is 25.1 Å². The number of esters is 1. The Kier molecular flexibility index (Phi) is 1.81. The van der Waals surface area contributed by atoms with E-state index in [9.17, 15) is 4.79 Å². The second kappa shape index (κ2) is 2.85. The van der Waals surface area contributed by atoms with Crippen molar-refractivity contribution < 1.29 is 9.53 Å². The molecule has 1 aliphatic rings. The SMILES string of the molecule is Cc1ccc2c(c1)CC(N)C(=O)O2. The summed E-state index contributed by atoms with van der Waals surface area (Å²) in [6.45, 7) is 2.00. The first-order chi connectivity index (χ1) is 6.16. The van der Waals surface area contributed by atoms with E-state index < -0.39 is 6.04 Å². The monoisotopic (exact) mass is 177 g/mol. The van der Waals surface area contributed by atoms with Crippen molar-refractivity contribution in [3.63, 3.8) is 0 Å². The van der Waals surface area contributed by atoms with Crippen LogP contribution in [0.25, 0.3) is 0 Å². The topological polar surface area (TPSA) is 52.3 Å². The Morgan fingerprint density at radius 1 is 1.54 bits per heavy atom. The molecule has 0 saturated carbocycles. The minimum atomic E-state index is -0.505. The summed E-state index contributed by atoms with van der Waals surface area (Å²) in [4.78, 5) is 11.1. The van der Waals surface area contributed by atoms with Gasteiger partial charge in [-0.15, -0.1) is 0 Å². The molecule has 0 aromatic heterocycles. The molecule has 1 unspecified atom stereocenters. The molecule has 0 radical (unpaired) electrons. The van der Waals surface area contributed by atoms with Gasteiger partial charge in [-0.2, -0.15) is 0 Å². The van der Waals surface area contributed by atoms with Crippen molar-refractivity contribution in [3.05, 3.63) is 29.3 Å². The van der Waals surface area contributed by atoms with Gasteiger partial charge in [0.05, 0.1) is 0 Å². The molecule has 0 amide bonds. The number of carbonyl (C=O) groups excluding carboxylic acids is 1. The highest BCUT2D eigenvalue weighted by Crippen LogP contribution is 2.25. The molecule has 0 fully saturated rings. The zero-order valence-corrected chi connectivity index (χ0v) is 7.41. The summed E-state index contributed by atoms with van der Waals surface area (Å²) >= 11 is 0. The van der Waals surface area contributed by atoms with Gasteiger partial charge in [-0.3, -0.25) is 0 Å². The molecule has 2 N–H and O–H groups in total. The zero-order valence-electron chi connectivity index (χ0n) is 7.41. The molecular weight excluding hydrogens is 166 g/mol. The third-order valence-corrected chi connectivity index (χ3v) is 2.17. The smallest absolute Gasteiger partial charge is 0.328 e. The van der Waals surface area contributed by atoms with Crippen LogP contribution in [0.2, 0.25) is 0 Å². The molecular formula is C10H11NO2. The van der Waals surface area contributed by atoms with E-state index in [0.29, 0.717) is 12.2 Å². The standard InChI is InChI=1S/C10H11NO2/c1-6-2-3-9-7(4-6)5-8(11)10(12)13-9/h2-4,8H,5,11H2,1H3. The van der Waals surface area contributed by atoms with Crippen molar-refractivity contribution in [1.29, 1.82) is 0 Å². The van der Waals surface area contributed by atoms with Crippen LogP contribution >= 0.6 is 0 Å². The number of carbonyl (C=O) groups is 1. The number of hydrogen-bond acceptors (Lipinski definition) is 3. The van der Waals surface area contributed by atoms with Crippen molar-refractivity contribution in [2.24, 2.45) is 5.73 Å². The molecule has 68 valence electrons. The van der Waals surface area contributed by atoms with Crippen LogP contribution in [0, 0.1) is 6.92 Å². The lowest BCUT2D eigenvalue weighted by Gasteiger charge is -2.20. The van der Waals surface area contributed by atoms with Crippen LogP contribution in [0.5, 0.6) is 5.75 Å². The van der Waals surface area contributed by atoms with Crippen molar-refractivity contribution >= 4 is 5.97 Å². The molecule has 2 rings (SSSR count). The third kappa shape index (κ3) is 1.42. The molecule has 0 bridgehead atoms. The molecule has 1 heterocycles.